The molecule has 0 unspecified atom stereocenters. The molecule has 0 radical (unpaired) electrons. The summed E-state index contributed by atoms with van der Waals surface area (Å²) in [6, 6.07) is 27.2. The number of aromatic nitrogens is 2. The first-order valence-corrected chi connectivity index (χ1v) is 20.0. The van der Waals surface area contributed by atoms with Gasteiger partial charge < -0.3 is 14.0 Å². The van der Waals surface area contributed by atoms with E-state index in [0.29, 0.717) is 5.75 Å². The van der Waals surface area contributed by atoms with Crippen LogP contribution in [0.25, 0.3) is 34.2 Å². The molecule has 0 saturated heterocycles. The Morgan fingerprint density at radius 3 is 2.17 bits per heavy atom. The van der Waals surface area contributed by atoms with Crippen molar-refractivity contribution in [3.8, 4) is 22.6 Å². The molecule has 272 valence electrons. The Balaban J connectivity index is 1.65. The van der Waals surface area contributed by atoms with Gasteiger partial charge in [0.2, 0.25) is 0 Å². The van der Waals surface area contributed by atoms with Crippen LogP contribution in [-0.4, -0.2) is 43.7 Å². The maximum Gasteiger partial charge on any atom is 0.356 e. The summed E-state index contributed by atoms with van der Waals surface area (Å²) in [5.41, 5.74) is 2.42. The number of sulfone groups is 1. The fraction of sp³-hybridized carbons (Fsp3) is 0.171. The third-order valence-corrected chi connectivity index (χ3v) is 12.3. The van der Waals surface area contributed by atoms with Crippen molar-refractivity contribution < 1.29 is 31.1 Å². The van der Waals surface area contributed by atoms with Gasteiger partial charge in [0.1, 0.15) is 22.7 Å². The van der Waals surface area contributed by atoms with E-state index in [2.05, 4.69) is 0 Å². The lowest BCUT2D eigenvalue weighted by Gasteiger charge is -2.18. The molecule has 0 N–H and O–H groups in total. The van der Waals surface area contributed by atoms with E-state index in [0.717, 1.165) is 26.2 Å². The first kappa shape index (κ1) is 37.1. The minimum atomic E-state index is -4.54. The van der Waals surface area contributed by atoms with Crippen LogP contribution in [0.5, 0.6) is 11.5 Å². The summed E-state index contributed by atoms with van der Waals surface area (Å²) in [5.74, 6) is -0.407. The van der Waals surface area contributed by atoms with Crippen LogP contribution in [0.3, 0.4) is 0 Å². The Labute approximate surface area is 308 Å². The molecule has 0 aliphatic carbocycles. The summed E-state index contributed by atoms with van der Waals surface area (Å²) in [4.78, 5) is 27.3. The standard InChI is InChI=1S/C41H38N2O8S2/c1-6-50-41(45)36-25-34-35(26-42(5)40(44)38(34)43(36)53(48,49)31-20-16-27(3)17-21-31)33-24-32(52(46,47)7-2)22-23-37(33)51-39-28(4)12-11-15-30(39)19-18-29-13-9-8-10-14-29/h8-26H,6-7H2,1-5H3/b19-18+. The molecule has 6 aromatic rings. The maximum atomic E-state index is 14.3. The van der Waals surface area contributed by atoms with Gasteiger partial charge in [0.05, 0.1) is 22.2 Å². The Morgan fingerprint density at radius 2 is 1.49 bits per heavy atom. The molecule has 0 atom stereocenters. The first-order valence-electron chi connectivity index (χ1n) is 16.9. The molecular weight excluding hydrogens is 713 g/mol. The van der Waals surface area contributed by atoms with E-state index >= 15 is 0 Å². The molecule has 12 heteroatoms. The number of esters is 1. The molecule has 2 heterocycles. The van der Waals surface area contributed by atoms with Crippen LogP contribution in [0.1, 0.15) is 46.6 Å². The number of rotatable bonds is 11. The highest BCUT2D eigenvalue weighted by Crippen LogP contribution is 2.41. The smallest absolute Gasteiger partial charge is 0.356 e. The van der Waals surface area contributed by atoms with Crippen molar-refractivity contribution in [1.29, 1.82) is 0 Å². The number of pyridine rings is 1. The highest BCUT2D eigenvalue weighted by atomic mass is 32.2. The minimum absolute atomic E-state index is 0.00402. The van der Waals surface area contributed by atoms with E-state index in [4.69, 9.17) is 9.47 Å². The monoisotopic (exact) mass is 750 g/mol. The van der Waals surface area contributed by atoms with Gasteiger partial charge in [0, 0.05) is 35.3 Å². The minimum Gasteiger partial charge on any atom is -0.461 e. The van der Waals surface area contributed by atoms with Gasteiger partial charge in [0.15, 0.2) is 9.84 Å². The van der Waals surface area contributed by atoms with Gasteiger partial charge in [-0.1, -0.05) is 85.3 Å². The number of carbonyl (C=O) groups excluding carboxylic acids is 1. The van der Waals surface area contributed by atoms with Gasteiger partial charge in [-0.05, 0) is 68.3 Å². The number of aryl methyl sites for hydroxylation is 3. The van der Waals surface area contributed by atoms with Crippen LogP contribution < -0.4 is 10.3 Å². The quantitative estimate of drug-likeness (QED) is 0.0969. The summed E-state index contributed by atoms with van der Waals surface area (Å²) in [5, 5.41) is 0.0803. The fourth-order valence-corrected chi connectivity index (χ4v) is 8.39. The number of ether oxygens (including phenoxy) is 2. The molecule has 10 nitrogen and oxygen atoms in total. The zero-order valence-electron chi connectivity index (χ0n) is 29.9. The molecule has 6 rings (SSSR count). The number of nitrogens with zero attached hydrogens (tertiary/aromatic N) is 2. The Morgan fingerprint density at radius 1 is 0.792 bits per heavy atom. The van der Waals surface area contributed by atoms with Crippen LogP contribution in [0, 0.1) is 13.8 Å². The molecule has 0 spiro atoms. The van der Waals surface area contributed by atoms with Crippen molar-refractivity contribution in [3.05, 3.63) is 142 Å². The SMILES string of the molecule is CCOC(=O)c1cc2c(-c3cc(S(=O)(=O)CC)ccc3Oc3c(C)cccc3/C=C/c3ccccc3)cn(C)c(=O)c2n1S(=O)(=O)c1ccc(C)cc1. The van der Waals surface area contributed by atoms with Gasteiger partial charge in [-0.25, -0.2) is 25.6 Å². The fourth-order valence-electron chi connectivity index (χ4n) is 5.99. The lowest BCUT2D eigenvalue weighted by atomic mass is 10.0. The van der Waals surface area contributed by atoms with Crippen molar-refractivity contribution in [2.45, 2.75) is 37.5 Å². The van der Waals surface area contributed by atoms with Gasteiger partial charge >= 0.3 is 5.97 Å². The second-order valence-electron chi connectivity index (χ2n) is 12.5. The third-order valence-electron chi connectivity index (χ3n) is 8.83. The van der Waals surface area contributed by atoms with Crippen molar-refractivity contribution in [1.82, 2.24) is 8.54 Å². The average molecular weight is 751 g/mol. The summed E-state index contributed by atoms with van der Waals surface area (Å²) in [6.07, 6.45) is 5.34. The van der Waals surface area contributed by atoms with Crippen LogP contribution in [0.15, 0.2) is 118 Å². The second-order valence-corrected chi connectivity index (χ2v) is 16.5. The van der Waals surface area contributed by atoms with Crippen molar-refractivity contribution >= 4 is 48.9 Å². The summed E-state index contributed by atoms with van der Waals surface area (Å²) in [7, 11) is -6.83. The van der Waals surface area contributed by atoms with Crippen LogP contribution in [-0.2, 0) is 31.6 Å². The van der Waals surface area contributed by atoms with Crippen molar-refractivity contribution in [2.75, 3.05) is 12.4 Å². The Bertz CT molecular complexity index is 2680. The first-order chi connectivity index (χ1) is 25.3. The molecule has 53 heavy (non-hydrogen) atoms. The van der Waals surface area contributed by atoms with E-state index in [-0.39, 0.29) is 55.6 Å². The lowest BCUT2D eigenvalue weighted by molar-refractivity contribution is 0.0518. The predicted molar refractivity (Wildman–Crippen MR) is 207 cm³/mol. The third kappa shape index (κ3) is 7.20. The van der Waals surface area contributed by atoms with Crippen LogP contribution in [0.2, 0.25) is 0 Å². The molecular formula is C41H38N2O8S2. The van der Waals surface area contributed by atoms with Gasteiger partial charge in [0.25, 0.3) is 15.6 Å². The molecule has 2 aromatic heterocycles. The maximum absolute atomic E-state index is 14.3. The molecule has 0 bridgehead atoms. The number of carbonyl (C=O) groups is 1. The summed E-state index contributed by atoms with van der Waals surface area (Å²) < 4.78 is 69.0. The van der Waals surface area contributed by atoms with E-state index in [9.17, 15) is 26.4 Å². The molecule has 0 aliphatic rings. The highest BCUT2D eigenvalue weighted by molar-refractivity contribution is 7.91. The number of para-hydroxylation sites is 1. The largest absolute Gasteiger partial charge is 0.461 e. The average Bonchev–Trinajstić information content (AvgIpc) is 3.56. The molecule has 0 amide bonds. The molecule has 0 saturated carbocycles. The predicted octanol–water partition coefficient (Wildman–Crippen LogP) is 7.79. The number of hydrogen-bond acceptors (Lipinski definition) is 8. The number of benzene rings is 4. The normalized spacial score (nSPS) is 12.0. The van der Waals surface area contributed by atoms with E-state index in [1.54, 1.807) is 26.0 Å². The zero-order valence-corrected chi connectivity index (χ0v) is 31.5. The molecule has 4 aromatic carbocycles. The van der Waals surface area contributed by atoms with Gasteiger partial charge in [-0.2, -0.15) is 0 Å². The van der Waals surface area contributed by atoms with Crippen LogP contribution in [0.4, 0.5) is 0 Å². The molecule has 0 aliphatic heterocycles. The Kier molecular flexibility index (Phi) is 10.3. The van der Waals surface area contributed by atoms with Gasteiger partial charge in [-0.3, -0.25) is 4.79 Å². The summed E-state index contributed by atoms with van der Waals surface area (Å²) in [6.45, 7) is 6.75. The number of fused-ring (bicyclic) bond motifs is 1. The Hall–Kier alpha value is -5.72. The lowest BCUT2D eigenvalue weighted by Crippen LogP contribution is -2.25. The number of hydrogen-bond donors (Lipinski definition) is 0. The van der Waals surface area contributed by atoms with E-state index in [1.165, 1.54) is 61.1 Å². The summed E-state index contributed by atoms with van der Waals surface area (Å²) >= 11 is 0. The highest BCUT2D eigenvalue weighted by Gasteiger charge is 2.31. The van der Waals surface area contributed by atoms with Crippen molar-refractivity contribution in [3.63, 3.8) is 0 Å². The van der Waals surface area contributed by atoms with E-state index < -0.39 is 31.4 Å². The second kappa shape index (κ2) is 14.7. The van der Waals surface area contributed by atoms with Crippen LogP contribution >= 0.6 is 0 Å². The van der Waals surface area contributed by atoms with E-state index in [1.807, 2.05) is 67.6 Å². The van der Waals surface area contributed by atoms with Crippen molar-refractivity contribution in [2.24, 2.45) is 7.05 Å². The van der Waals surface area contributed by atoms with Gasteiger partial charge in [-0.15, -0.1) is 0 Å². The topological polar surface area (TPSA) is 131 Å². The molecule has 0 fully saturated rings. The zero-order chi connectivity index (χ0) is 38.1.